The van der Waals surface area contributed by atoms with Gasteiger partial charge in [0.15, 0.2) is 0 Å². The van der Waals surface area contributed by atoms with Crippen LogP contribution in [0.4, 0.5) is 5.82 Å². The molecule has 2 N–H and O–H groups in total. The van der Waals surface area contributed by atoms with Crippen molar-refractivity contribution in [2.45, 2.75) is 40.7 Å². The minimum atomic E-state index is 0.216. The lowest BCUT2D eigenvalue weighted by Crippen LogP contribution is -2.11. The maximum Gasteiger partial charge on any atom is 0.135 e. The van der Waals surface area contributed by atoms with E-state index in [-0.39, 0.29) is 5.41 Å². The summed E-state index contributed by atoms with van der Waals surface area (Å²) in [6.45, 7) is 9.52. The Morgan fingerprint density at radius 2 is 1.90 bits per heavy atom. The van der Waals surface area contributed by atoms with Crippen LogP contribution in [0.25, 0.3) is 0 Å². The van der Waals surface area contributed by atoms with Crippen LogP contribution in [-0.4, -0.2) is 9.78 Å². The Labute approximate surface area is 134 Å². The number of aromatic nitrogens is 2. The molecule has 0 saturated heterocycles. The monoisotopic (exact) mass is 383 g/mol. The van der Waals surface area contributed by atoms with Gasteiger partial charge in [-0.3, -0.25) is 0 Å². The predicted molar refractivity (Wildman–Crippen MR) is 92.8 cm³/mol. The maximum atomic E-state index is 6.21. The molecule has 3 nitrogen and oxygen atoms in total. The van der Waals surface area contributed by atoms with Crippen molar-refractivity contribution < 1.29 is 0 Å². The minimum absolute atomic E-state index is 0.216. The van der Waals surface area contributed by atoms with E-state index in [2.05, 4.69) is 74.6 Å². The van der Waals surface area contributed by atoms with E-state index >= 15 is 0 Å². The van der Waals surface area contributed by atoms with Crippen LogP contribution < -0.4 is 5.73 Å². The van der Waals surface area contributed by atoms with Gasteiger partial charge in [-0.2, -0.15) is 5.10 Å². The molecule has 0 saturated carbocycles. The second-order valence-corrected chi connectivity index (χ2v) is 7.55. The molecule has 0 aliphatic heterocycles. The van der Waals surface area contributed by atoms with Gasteiger partial charge in [0.2, 0.25) is 0 Å². The first-order valence-corrected chi connectivity index (χ1v) is 7.91. The lowest BCUT2D eigenvalue weighted by atomic mass is 9.91. The van der Waals surface area contributed by atoms with Crippen molar-refractivity contribution in [1.82, 2.24) is 9.78 Å². The highest BCUT2D eigenvalue weighted by atomic mass is 127. The molecule has 0 unspecified atom stereocenters. The zero-order chi connectivity index (χ0) is 14.9. The Balaban J connectivity index is 2.30. The smallest absolute Gasteiger partial charge is 0.135 e. The van der Waals surface area contributed by atoms with Gasteiger partial charge in [0.25, 0.3) is 0 Å². The van der Waals surface area contributed by atoms with E-state index in [9.17, 15) is 0 Å². The highest BCUT2D eigenvalue weighted by molar-refractivity contribution is 14.1. The second kappa shape index (κ2) is 5.76. The van der Waals surface area contributed by atoms with Crippen molar-refractivity contribution in [1.29, 1.82) is 0 Å². The van der Waals surface area contributed by atoms with Crippen LogP contribution in [0, 0.1) is 15.9 Å². The van der Waals surface area contributed by atoms with Crippen LogP contribution in [0.15, 0.2) is 24.3 Å². The van der Waals surface area contributed by atoms with E-state index < -0.39 is 0 Å². The Bertz CT molecular complexity index is 609. The van der Waals surface area contributed by atoms with Crippen LogP contribution >= 0.6 is 22.6 Å². The minimum Gasteiger partial charge on any atom is -0.383 e. The lowest BCUT2D eigenvalue weighted by Gasteiger charge is -2.16. The Morgan fingerprint density at radius 1 is 1.25 bits per heavy atom. The Kier molecular flexibility index (Phi) is 4.42. The molecule has 2 rings (SSSR count). The average Bonchev–Trinajstić information content (AvgIpc) is 2.59. The van der Waals surface area contributed by atoms with Gasteiger partial charge in [0.1, 0.15) is 5.82 Å². The van der Waals surface area contributed by atoms with E-state index in [4.69, 9.17) is 10.8 Å². The Hall–Kier alpha value is -1.04. The van der Waals surface area contributed by atoms with Crippen LogP contribution in [0.5, 0.6) is 0 Å². The second-order valence-electron chi connectivity index (χ2n) is 6.47. The molecule has 0 amide bonds. The molecule has 1 aromatic heterocycles. The number of nitrogens with two attached hydrogens (primary N) is 1. The molecule has 1 heterocycles. The summed E-state index contributed by atoms with van der Waals surface area (Å²) in [4.78, 5) is 0. The topological polar surface area (TPSA) is 43.8 Å². The summed E-state index contributed by atoms with van der Waals surface area (Å²) in [5.74, 6) is 0.771. The van der Waals surface area contributed by atoms with Gasteiger partial charge in [-0.25, -0.2) is 4.68 Å². The van der Waals surface area contributed by atoms with Crippen LogP contribution in [0.2, 0.25) is 0 Å². The fourth-order valence-corrected chi connectivity index (χ4v) is 2.77. The van der Waals surface area contributed by atoms with Crippen LogP contribution in [0.1, 0.15) is 37.6 Å². The molecule has 1 aromatic carbocycles. The van der Waals surface area contributed by atoms with Crippen molar-refractivity contribution in [3.8, 4) is 0 Å². The van der Waals surface area contributed by atoms with Crippen molar-refractivity contribution in [3.63, 3.8) is 0 Å². The van der Waals surface area contributed by atoms with E-state index in [0.29, 0.717) is 0 Å². The summed E-state index contributed by atoms with van der Waals surface area (Å²) >= 11 is 2.31. The van der Waals surface area contributed by atoms with Gasteiger partial charge in [0.05, 0.1) is 15.8 Å². The standard InChI is InChI=1S/C16H22IN3/c1-11-7-5-6-8-12(11)10-20-15(18)14(17)13(19-20)9-16(2,3)4/h5-8H,9-10,18H2,1-4H3. The summed E-state index contributed by atoms with van der Waals surface area (Å²) < 4.78 is 3.01. The van der Waals surface area contributed by atoms with Gasteiger partial charge < -0.3 is 5.73 Å². The van der Waals surface area contributed by atoms with Crippen molar-refractivity contribution >= 4 is 28.4 Å². The number of halogens is 1. The van der Waals surface area contributed by atoms with Crippen molar-refractivity contribution in [2.75, 3.05) is 5.73 Å². The molecule has 20 heavy (non-hydrogen) atoms. The molecule has 0 aliphatic carbocycles. The van der Waals surface area contributed by atoms with E-state index in [1.807, 2.05) is 4.68 Å². The number of anilines is 1. The lowest BCUT2D eigenvalue weighted by molar-refractivity contribution is 0.403. The average molecular weight is 383 g/mol. The first kappa shape index (κ1) is 15.4. The number of aryl methyl sites for hydroxylation is 1. The van der Waals surface area contributed by atoms with Crippen LogP contribution in [-0.2, 0) is 13.0 Å². The summed E-state index contributed by atoms with van der Waals surface area (Å²) in [6.07, 6.45) is 0.941. The molecule has 0 aliphatic rings. The highest BCUT2D eigenvalue weighted by Crippen LogP contribution is 2.27. The third-order valence-electron chi connectivity index (χ3n) is 3.28. The summed E-state index contributed by atoms with van der Waals surface area (Å²) in [5, 5.41) is 4.72. The number of hydrogen-bond donors (Lipinski definition) is 1. The summed E-state index contributed by atoms with van der Waals surface area (Å²) in [6, 6.07) is 8.37. The molecular formula is C16H22IN3. The molecule has 2 aromatic rings. The van der Waals surface area contributed by atoms with Crippen molar-refractivity contribution in [3.05, 3.63) is 44.7 Å². The van der Waals surface area contributed by atoms with Crippen molar-refractivity contribution in [2.24, 2.45) is 5.41 Å². The molecule has 4 heteroatoms. The maximum absolute atomic E-state index is 6.21. The summed E-state index contributed by atoms with van der Waals surface area (Å²) in [7, 11) is 0. The first-order valence-electron chi connectivity index (χ1n) is 6.83. The first-order chi connectivity index (χ1) is 9.28. The number of nitrogens with zero attached hydrogens (tertiary/aromatic N) is 2. The van der Waals surface area contributed by atoms with E-state index in [0.717, 1.165) is 28.0 Å². The van der Waals surface area contributed by atoms with Gasteiger partial charge in [-0.15, -0.1) is 0 Å². The van der Waals surface area contributed by atoms with Crippen LogP contribution in [0.3, 0.4) is 0 Å². The zero-order valence-corrected chi connectivity index (χ0v) is 14.7. The molecule has 0 fully saturated rings. The van der Waals surface area contributed by atoms with E-state index in [1.165, 1.54) is 11.1 Å². The number of hydrogen-bond acceptors (Lipinski definition) is 2. The predicted octanol–water partition coefficient (Wildman–Crippen LogP) is 4.02. The molecular weight excluding hydrogens is 361 g/mol. The highest BCUT2D eigenvalue weighted by Gasteiger charge is 2.19. The molecule has 0 bridgehead atoms. The molecule has 0 radical (unpaired) electrons. The van der Waals surface area contributed by atoms with Gasteiger partial charge >= 0.3 is 0 Å². The molecule has 0 atom stereocenters. The molecule has 108 valence electrons. The Morgan fingerprint density at radius 3 is 2.50 bits per heavy atom. The van der Waals surface area contributed by atoms with E-state index in [1.54, 1.807) is 0 Å². The third kappa shape index (κ3) is 3.53. The van der Waals surface area contributed by atoms with Gasteiger partial charge in [-0.1, -0.05) is 45.0 Å². The zero-order valence-electron chi connectivity index (χ0n) is 12.6. The van der Waals surface area contributed by atoms with Gasteiger partial charge in [-0.05, 0) is 52.5 Å². The normalized spacial score (nSPS) is 11.8. The fourth-order valence-electron chi connectivity index (χ4n) is 2.19. The fraction of sp³-hybridized carbons (Fsp3) is 0.438. The third-order valence-corrected chi connectivity index (χ3v) is 4.45. The largest absolute Gasteiger partial charge is 0.383 e. The quantitative estimate of drug-likeness (QED) is 0.814. The number of nitrogen functional groups attached to an aromatic ring is 1. The molecule has 0 spiro atoms. The number of rotatable bonds is 3. The number of benzene rings is 1. The summed E-state index contributed by atoms with van der Waals surface area (Å²) in [5.41, 5.74) is 10.1. The van der Waals surface area contributed by atoms with Gasteiger partial charge in [0, 0.05) is 0 Å². The SMILES string of the molecule is Cc1ccccc1Cn1nc(CC(C)(C)C)c(I)c1N.